The van der Waals surface area contributed by atoms with Crippen molar-refractivity contribution in [2.24, 2.45) is 0 Å². The Morgan fingerprint density at radius 2 is 1.71 bits per heavy atom. The van der Waals surface area contributed by atoms with Gasteiger partial charge in [-0.3, -0.25) is 4.57 Å². The van der Waals surface area contributed by atoms with Crippen LogP contribution in [0.2, 0.25) is 0 Å². The lowest BCUT2D eigenvalue weighted by Crippen LogP contribution is -1.98. The van der Waals surface area contributed by atoms with Crippen molar-refractivity contribution in [2.75, 3.05) is 13.2 Å². The summed E-state index contributed by atoms with van der Waals surface area (Å²) in [6.45, 7) is 4.48. The molecule has 0 saturated carbocycles. The molecule has 0 saturated heterocycles. The standard InChI is InChI=1S/C8H15Cl2O3P/c1-3-5-12-14(11,8(10)7-9)13-6-4-2/h7H,3-6H2,1-2H3/b8-7-. The smallest absolute Gasteiger partial charge is 0.305 e. The second-order valence-corrected chi connectivity index (χ2v) is 5.48. The van der Waals surface area contributed by atoms with Crippen LogP contribution in [0.15, 0.2) is 10.3 Å². The number of hydrogen-bond acceptors (Lipinski definition) is 3. The first-order valence-corrected chi connectivity index (χ1v) is 6.82. The van der Waals surface area contributed by atoms with Gasteiger partial charge in [0.2, 0.25) is 0 Å². The molecule has 3 nitrogen and oxygen atoms in total. The Kier molecular flexibility index (Phi) is 7.98. The average Bonchev–Trinajstić information content (AvgIpc) is 2.22. The van der Waals surface area contributed by atoms with Gasteiger partial charge in [-0.1, -0.05) is 37.0 Å². The van der Waals surface area contributed by atoms with Crippen LogP contribution in [0, 0.1) is 0 Å². The predicted molar refractivity (Wildman–Crippen MR) is 59.9 cm³/mol. The van der Waals surface area contributed by atoms with E-state index in [1.807, 2.05) is 13.8 Å². The molecule has 0 unspecified atom stereocenters. The highest BCUT2D eigenvalue weighted by Gasteiger charge is 2.28. The summed E-state index contributed by atoms with van der Waals surface area (Å²) in [6.07, 6.45) is 1.48. The summed E-state index contributed by atoms with van der Waals surface area (Å²) >= 11 is 11.0. The number of rotatable bonds is 7. The minimum atomic E-state index is -3.35. The van der Waals surface area contributed by atoms with Gasteiger partial charge in [0.15, 0.2) is 0 Å². The maximum absolute atomic E-state index is 11.9. The summed E-state index contributed by atoms with van der Waals surface area (Å²) in [6, 6.07) is 0. The van der Waals surface area contributed by atoms with E-state index in [2.05, 4.69) is 0 Å². The molecular weight excluding hydrogens is 246 g/mol. The minimum absolute atomic E-state index is 0.0685. The van der Waals surface area contributed by atoms with Gasteiger partial charge in [-0.15, -0.1) is 0 Å². The lowest BCUT2D eigenvalue weighted by molar-refractivity contribution is 0.212. The van der Waals surface area contributed by atoms with Crippen molar-refractivity contribution < 1.29 is 13.6 Å². The largest absolute Gasteiger partial charge is 0.373 e. The summed E-state index contributed by atoms with van der Waals surface area (Å²) < 4.78 is 22.0. The molecule has 84 valence electrons. The molecule has 0 aromatic heterocycles. The second-order valence-electron chi connectivity index (χ2n) is 2.60. The molecule has 6 heteroatoms. The van der Waals surface area contributed by atoms with Gasteiger partial charge < -0.3 is 9.05 Å². The van der Waals surface area contributed by atoms with Crippen molar-refractivity contribution in [3.8, 4) is 0 Å². The molecule has 0 aliphatic heterocycles. The van der Waals surface area contributed by atoms with Crippen LogP contribution in [0.3, 0.4) is 0 Å². The summed E-state index contributed by atoms with van der Waals surface area (Å²) in [7, 11) is -3.35. The quantitative estimate of drug-likeness (QED) is 0.640. The zero-order valence-corrected chi connectivity index (χ0v) is 10.7. The van der Waals surface area contributed by atoms with E-state index in [1.165, 1.54) is 0 Å². The van der Waals surface area contributed by atoms with Crippen LogP contribution in [-0.2, 0) is 13.6 Å². The van der Waals surface area contributed by atoms with Crippen molar-refractivity contribution >= 4 is 30.8 Å². The molecule has 0 N–H and O–H groups in total. The van der Waals surface area contributed by atoms with E-state index in [-0.39, 0.29) is 4.77 Å². The first-order chi connectivity index (χ1) is 6.60. The highest BCUT2D eigenvalue weighted by Crippen LogP contribution is 2.58. The Hall–Kier alpha value is 0.470. The van der Waals surface area contributed by atoms with Gasteiger partial charge in [0, 0.05) is 5.54 Å². The van der Waals surface area contributed by atoms with Crippen LogP contribution in [0.1, 0.15) is 26.7 Å². The van der Waals surface area contributed by atoms with E-state index in [1.54, 1.807) is 0 Å². The predicted octanol–water partition coefficient (Wildman–Crippen LogP) is 4.31. The lowest BCUT2D eigenvalue weighted by atomic mass is 10.5. The summed E-state index contributed by atoms with van der Waals surface area (Å²) in [5.74, 6) is 0. The molecule has 0 bridgehead atoms. The van der Waals surface area contributed by atoms with Crippen molar-refractivity contribution in [2.45, 2.75) is 26.7 Å². The third-order valence-electron chi connectivity index (χ3n) is 1.28. The highest BCUT2D eigenvalue weighted by atomic mass is 35.5. The molecule has 0 atom stereocenters. The first kappa shape index (κ1) is 14.5. The van der Waals surface area contributed by atoms with Crippen molar-refractivity contribution in [3.05, 3.63) is 10.3 Å². The fraction of sp³-hybridized carbons (Fsp3) is 0.750. The molecule has 14 heavy (non-hydrogen) atoms. The molecule has 0 aliphatic rings. The fourth-order valence-corrected chi connectivity index (χ4v) is 2.58. The topological polar surface area (TPSA) is 35.5 Å². The third-order valence-corrected chi connectivity index (χ3v) is 4.19. The molecule has 0 rings (SSSR count). The Balaban J connectivity index is 4.42. The van der Waals surface area contributed by atoms with Gasteiger partial charge in [-0.2, -0.15) is 0 Å². The number of halogens is 2. The normalized spacial score (nSPS) is 13.3. The van der Waals surface area contributed by atoms with Crippen molar-refractivity contribution in [1.82, 2.24) is 0 Å². The summed E-state index contributed by atoms with van der Waals surface area (Å²) in [5, 5.41) is 0. The van der Waals surface area contributed by atoms with Crippen molar-refractivity contribution in [3.63, 3.8) is 0 Å². The molecule has 0 radical (unpaired) electrons. The summed E-state index contributed by atoms with van der Waals surface area (Å²) in [5.41, 5.74) is 1.02. The van der Waals surface area contributed by atoms with Gasteiger partial charge in [0.1, 0.15) is 4.77 Å². The molecular formula is C8H15Cl2O3P. The lowest BCUT2D eigenvalue weighted by Gasteiger charge is -2.16. The zero-order valence-electron chi connectivity index (χ0n) is 8.33. The second kappa shape index (κ2) is 7.72. The van der Waals surface area contributed by atoms with E-state index in [0.29, 0.717) is 13.2 Å². The molecule has 0 spiro atoms. The molecule has 0 aromatic rings. The Morgan fingerprint density at radius 1 is 1.29 bits per heavy atom. The van der Waals surface area contributed by atoms with E-state index >= 15 is 0 Å². The van der Waals surface area contributed by atoms with Crippen LogP contribution >= 0.6 is 30.8 Å². The highest BCUT2D eigenvalue weighted by molar-refractivity contribution is 7.61. The molecule has 0 aliphatic carbocycles. The van der Waals surface area contributed by atoms with Gasteiger partial charge in [-0.05, 0) is 12.8 Å². The maximum atomic E-state index is 11.9. The van der Waals surface area contributed by atoms with Gasteiger partial charge in [-0.25, -0.2) is 0 Å². The first-order valence-electron chi connectivity index (χ1n) is 4.46. The van der Waals surface area contributed by atoms with Crippen LogP contribution in [0.25, 0.3) is 0 Å². The molecule has 0 heterocycles. The maximum Gasteiger partial charge on any atom is 0.373 e. The molecule has 0 aromatic carbocycles. The summed E-state index contributed by atoms with van der Waals surface area (Å²) in [4.78, 5) is 0. The Morgan fingerprint density at radius 3 is 2.00 bits per heavy atom. The van der Waals surface area contributed by atoms with Crippen LogP contribution in [0.4, 0.5) is 0 Å². The van der Waals surface area contributed by atoms with E-state index < -0.39 is 7.60 Å². The van der Waals surface area contributed by atoms with Gasteiger partial charge in [0.05, 0.1) is 13.2 Å². The van der Waals surface area contributed by atoms with Crippen LogP contribution < -0.4 is 0 Å². The van der Waals surface area contributed by atoms with Gasteiger partial charge >= 0.3 is 7.60 Å². The van der Waals surface area contributed by atoms with E-state index in [4.69, 9.17) is 32.2 Å². The molecule has 0 amide bonds. The Labute approximate surface area is 94.9 Å². The monoisotopic (exact) mass is 260 g/mol. The minimum Gasteiger partial charge on any atom is -0.305 e. The van der Waals surface area contributed by atoms with E-state index in [9.17, 15) is 4.57 Å². The zero-order chi connectivity index (χ0) is 11.0. The van der Waals surface area contributed by atoms with Gasteiger partial charge in [0.25, 0.3) is 0 Å². The molecule has 0 fully saturated rings. The SMILES string of the molecule is CCCOP(=O)(OCCC)/C(Cl)=C\Cl. The number of hydrogen-bond donors (Lipinski definition) is 0. The Bertz CT molecular complexity index is 219. The van der Waals surface area contributed by atoms with Crippen LogP contribution in [-0.4, -0.2) is 13.2 Å². The third kappa shape index (κ3) is 4.81. The average molecular weight is 261 g/mol. The van der Waals surface area contributed by atoms with Crippen LogP contribution in [0.5, 0.6) is 0 Å². The van der Waals surface area contributed by atoms with E-state index in [0.717, 1.165) is 18.4 Å². The van der Waals surface area contributed by atoms with Crippen molar-refractivity contribution in [1.29, 1.82) is 0 Å². The fourth-order valence-electron chi connectivity index (χ4n) is 0.643.